The number of ether oxygens (including phenoxy) is 1. The molecule has 3 heterocycles. The number of rotatable bonds is 5. The second-order valence-electron chi connectivity index (χ2n) is 9.88. The summed E-state index contributed by atoms with van der Waals surface area (Å²) >= 11 is 0. The number of amides is 1. The van der Waals surface area contributed by atoms with E-state index in [0.29, 0.717) is 24.7 Å². The van der Waals surface area contributed by atoms with Gasteiger partial charge in [0.05, 0.1) is 30.5 Å². The molecule has 0 bridgehead atoms. The van der Waals surface area contributed by atoms with Crippen molar-refractivity contribution in [2.75, 3.05) is 6.54 Å². The summed E-state index contributed by atoms with van der Waals surface area (Å²) in [5, 5.41) is 0. The maximum absolute atomic E-state index is 12.9. The van der Waals surface area contributed by atoms with Gasteiger partial charge in [0.2, 0.25) is 0 Å². The maximum atomic E-state index is 12.9. The third-order valence-corrected chi connectivity index (χ3v) is 7.33. The molecule has 2 atom stereocenters. The van der Waals surface area contributed by atoms with Crippen molar-refractivity contribution in [3.05, 3.63) is 84.5 Å². The average Bonchev–Trinajstić information content (AvgIpc) is 3.44. The fraction of sp³-hybridized carbons (Fsp3) is 0.321. The molecular formula is C28H26N6O2. The third-order valence-electron chi connectivity index (χ3n) is 7.33. The molecule has 1 aliphatic heterocycles. The molecule has 8 nitrogen and oxygen atoms in total. The first kappa shape index (κ1) is 22.2. The number of nitrogens with zero attached hydrogens (tertiary/aromatic N) is 6. The van der Waals surface area contributed by atoms with Crippen LogP contribution in [0.4, 0.5) is 10.5 Å². The van der Waals surface area contributed by atoms with Crippen molar-refractivity contribution in [3.63, 3.8) is 0 Å². The number of fused-ring (bicyclic) bond motifs is 1. The molecule has 36 heavy (non-hydrogen) atoms. The lowest BCUT2D eigenvalue weighted by atomic mass is 9.78. The van der Waals surface area contributed by atoms with Gasteiger partial charge >= 0.3 is 6.09 Å². The van der Waals surface area contributed by atoms with Crippen LogP contribution in [0.3, 0.4) is 0 Å². The Hall–Kier alpha value is -4.25. The zero-order valence-corrected chi connectivity index (χ0v) is 19.9. The Labute approximate surface area is 209 Å². The molecule has 1 spiro atoms. The standard InChI is InChI=1S/C28H26N6O2/c1-29-24-7-8-25-26(11-24)34(19-32-25)16-21-5-3-9-28(12-21)17-33(27(35)36-28)15-20-4-2-6-22(10-20)23-13-30-18-31-14-23/h2,4,6-8,10-11,13-14,18-19,21H,3,5,9,12,15-17H2/t21-,28-/m0/s1. The molecule has 2 fully saturated rings. The minimum atomic E-state index is -0.442. The number of aromatic nitrogens is 4. The Bertz CT molecular complexity index is 1460. The normalized spacial score (nSPS) is 21.6. The number of imidazole rings is 1. The summed E-state index contributed by atoms with van der Waals surface area (Å²) in [5.74, 6) is 0.377. The molecule has 6 rings (SSSR count). The highest BCUT2D eigenvalue weighted by Gasteiger charge is 2.47. The Kier molecular flexibility index (Phi) is 5.61. The zero-order chi connectivity index (χ0) is 24.5. The van der Waals surface area contributed by atoms with E-state index in [1.807, 2.05) is 41.6 Å². The van der Waals surface area contributed by atoms with Crippen LogP contribution in [0, 0.1) is 12.5 Å². The first-order chi connectivity index (χ1) is 17.6. The Morgan fingerprint density at radius 2 is 2.03 bits per heavy atom. The van der Waals surface area contributed by atoms with Gasteiger partial charge in [0.15, 0.2) is 5.69 Å². The lowest BCUT2D eigenvalue weighted by Gasteiger charge is -2.36. The lowest BCUT2D eigenvalue weighted by molar-refractivity contribution is 0.00415. The summed E-state index contributed by atoms with van der Waals surface area (Å²) in [6.45, 7) is 9.24. The maximum Gasteiger partial charge on any atom is 0.410 e. The average molecular weight is 479 g/mol. The van der Waals surface area contributed by atoms with Gasteiger partial charge in [0.25, 0.3) is 0 Å². The zero-order valence-electron chi connectivity index (χ0n) is 19.9. The number of hydrogen-bond acceptors (Lipinski definition) is 5. The van der Waals surface area contributed by atoms with Crippen LogP contribution in [0.2, 0.25) is 0 Å². The topological polar surface area (TPSA) is 77.5 Å². The van der Waals surface area contributed by atoms with Gasteiger partial charge in [-0.15, -0.1) is 0 Å². The first-order valence-electron chi connectivity index (χ1n) is 12.3. The van der Waals surface area contributed by atoms with Crippen LogP contribution >= 0.6 is 0 Å². The van der Waals surface area contributed by atoms with Crippen LogP contribution in [0.1, 0.15) is 31.2 Å². The molecule has 2 aromatic carbocycles. The molecule has 0 radical (unpaired) electrons. The highest BCUT2D eigenvalue weighted by atomic mass is 16.6. The molecule has 0 N–H and O–H groups in total. The molecule has 2 aromatic heterocycles. The SMILES string of the molecule is [C-]#[N+]c1ccc2ncn(C[C@H]3CCC[C@]4(C3)CN(Cc3cccc(-c5cncnc5)c3)C(=O)O4)c2c1. The lowest BCUT2D eigenvalue weighted by Crippen LogP contribution is -2.40. The van der Waals surface area contributed by atoms with E-state index < -0.39 is 5.60 Å². The van der Waals surface area contributed by atoms with E-state index in [1.54, 1.807) is 18.5 Å². The molecule has 1 amide bonds. The van der Waals surface area contributed by atoms with Crippen molar-refractivity contribution in [2.45, 2.75) is 44.4 Å². The van der Waals surface area contributed by atoms with Gasteiger partial charge in [-0.05, 0) is 60.9 Å². The largest absolute Gasteiger partial charge is 0.441 e. The number of benzene rings is 2. The van der Waals surface area contributed by atoms with E-state index in [-0.39, 0.29) is 6.09 Å². The monoisotopic (exact) mass is 478 g/mol. The van der Waals surface area contributed by atoms with Crippen molar-refractivity contribution in [1.82, 2.24) is 24.4 Å². The Morgan fingerprint density at radius 3 is 2.89 bits per heavy atom. The fourth-order valence-corrected chi connectivity index (χ4v) is 5.71. The second kappa shape index (κ2) is 9.08. The molecule has 4 aromatic rings. The summed E-state index contributed by atoms with van der Waals surface area (Å²) in [6.07, 6.45) is 10.6. The quantitative estimate of drug-likeness (QED) is 0.348. The summed E-state index contributed by atoms with van der Waals surface area (Å²) in [5.41, 5.74) is 5.09. The van der Waals surface area contributed by atoms with E-state index in [2.05, 4.69) is 30.4 Å². The molecular weight excluding hydrogens is 452 g/mol. The van der Waals surface area contributed by atoms with Gasteiger partial charge in [0.1, 0.15) is 11.9 Å². The fourth-order valence-electron chi connectivity index (χ4n) is 5.71. The van der Waals surface area contributed by atoms with E-state index in [1.165, 1.54) is 6.33 Å². The van der Waals surface area contributed by atoms with E-state index in [0.717, 1.165) is 60.0 Å². The number of carbonyl (C=O) groups excluding carboxylic acids is 1. The van der Waals surface area contributed by atoms with Gasteiger partial charge in [-0.3, -0.25) is 4.90 Å². The van der Waals surface area contributed by atoms with Crippen LogP contribution in [-0.2, 0) is 17.8 Å². The summed E-state index contributed by atoms with van der Waals surface area (Å²) in [4.78, 5) is 31.0. The summed E-state index contributed by atoms with van der Waals surface area (Å²) in [7, 11) is 0. The number of carbonyl (C=O) groups is 1. The predicted octanol–water partition coefficient (Wildman–Crippen LogP) is 5.63. The van der Waals surface area contributed by atoms with Gasteiger partial charge in [0, 0.05) is 31.0 Å². The van der Waals surface area contributed by atoms with Crippen LogP contribution in [0.5, 0.6) is 0 Å². The first-order valence-corrected chi connectivity index (χ1v) is 12.3. The van der Waals surface area contributed by atoms with Crippen molar-refractivity contribution < 1.29 is 9.53 Å². The smallest absolute Gasteiger partial charge is 0.410 e. The van der Waals surface area contributed by atoms with Crippen molar-refractivity contribution in [1.29, 1.82) is 0 Å². The molecule has 8 heteroatoms. The van der Waals surface area contributed by atoms with Crippen LogP contribution in [-0.4, -0.2) is 42.7 Å². The molecule has 1 saturated carbocycles. The van der Waals surface area contributed by atoms with E-state index in [4.69, 9.17) is 11.3 Å². The predicted molar refractivity (Wildman–Crippen MR) is 135 cm³/mol. The molecule has 0 unspecified atom stereocenters. The van der Waals surface area contributed by atoms with E-state index >= 15 is 0 Å². The van der Waals surface area contributed by atoms with Gasteiger partial charge < -0.3 is 9.30 Å². The Balaban J connectivity index is 1.16. The van der Waals surface area contributed by atoms with Crippen LogP contribution in [0.25, 0.3) is 27.0 Å². The van der Waals surface area contributed by atoms with Gasteiger partial charge in [-0.2, -0.15) is 0 Å². The highest BCUT2D eigenvalue weighted by molar-refractivity contribution is 5.79. The van der Waals surface area contributed by atoms with Crippen molar-refractivity contribution in [3.8, 4) is 11.1 Å². The molecule has 180 valence electrons. The van der Waals surface area contributed by atoms with Crippen LogP contribution in [0.15, 0.2) is 67.5 Å². The van der Waals surface area contributed by atoms with Gasteiger partial charge in [-0.25, -0.2) is 24.6 Å². The minimum absolute atomic E-state index is 0.237. The van der Waals surface area contributed by atoms with Crippen molar-refractivity contribution in [2.24, 2.45) is 5.92 Å². The minimum Gasteiger partial charge on any atom is -0.441 e. The Morgan fingerprint density at radius 1 is 1.14 bits per heavy atom. The van der Waals surface area contributed by atoms with Gasteiger partial charge in [-0.1, -0.05) is 24.3 Å². The van der Waals surface area contributed by atoms with Crippen molar-refractivity contribution >= 4 is 22.8 Å². The summed E-state index contributed by atoms with van der Waals surface area (Å²) in [6, 6.07) is 13.8. The molecule has 2 aliphatic rings. The van der Waals surface area contributed by atoms with E-state index in [9.17, 15) is 4.79 Å². The molecule has 1 aliphatic carbocycles. The highest BCUT2D eigenvalue weighted by Crippen LogP contribution is 2.41. The third kappa shape index (κ3) is 4.29. The van der Waals surface area contributed by atoms with Crippen LogP contribution < -0.4 is 0 Å². The number of hydrogen-bond donors (Lipinski definition) is 0. The summed E-state index contributed by atoms with van der Waals surface area (Å²) < 4.78 is 8.21. The second-order valence-corrected chi connectivity index (χ2v) is 9.88. The molecule has 1 saturated heterocycles.